The van der Waals surface area contributed by atoms with Gasteiger partial charge >= 0.3 is 0 Å². The van der Waals surface area contributed by atoms with E-state index in [2.05, 4.69) is 39.2 Å². The lowest BCUT2D eigenvalue weighted by Gasteiger charge is -2.05. The molecule has 0 aliphatic rings. The van der Waals surface area contributed by atoms with E-state index in [0.29, 0.717) is 0 Å². The molecule has 0 spiro atoms. The molecule has 1 N–H and O–H groups in total. The smallest absolute Gasteiger partial charge is 0.214 e. The van der Waals surface area contributed by atoms with Gasteiger partial charge < -0.3 is 5.32 Å². The molecule has 1 aromatic carbocycles. The summed E-state index contributed by atoms with van der Waals surface area (Å²) in [5.41, 5.74) is 2.34. The van der Waals surface area contributed by atoms with E-state index >= 15 is 0 Å². The van der Waals surface area contributed by atoms with Crippen LogP contribution in [0.25, 0.3) is 5.69 Å². The van der Waals surface area contributed by atoms with Crippen LogP contribution in [0.3, 0.4) is 0 Å². The Morgan fingerprint density at radius 1 is 1.23 bits per heavy atom. The normalized spacial score (nSPS) is 11.0. The highest BCUT2D eigenvalue weighted by Gasteiger charge is 2.08. The van der Waals surface area contributed by atoms with Crippen LogP contribution in [-0.2, 0) is 6.54 Å². The first-order valence-electron chi connectivity index (χ1n) is 7.05. The van der Waals surface area contributed by atoms with Gasteiger partial charge in [0.1, 0.15) is 0 Å². The van der Waals surface area contributed by atoms with E-state index in [1.54, 1.807) is 27.8 Å². The summed E-state index contributed by atoms with van der Waals surface area (Å²) in [6.07, 6.45) is 0. The van der Waals surface area contributed by atoms with E-state index in [1.807, 2.05) is 30.3 Å². The Morgan fingerprint density at radius 3 is 2.86 bits per heavy atom. The van der Waals surface area contributed by atoms with Gasteiger partial charge in [-0.2, -0.15) is 4.68 Å². The van der Waals surface area contributed by atoms with E-state index in [-0.39, 0.29) is 0 Å². The molecule has 0 bridgehead atoms. The molecule has 3 aromatic rings. The molecule has 2 heterocycles. The maximum atomic E-state index is 4.09. The second-order valence-corrected chi connectivity index (χ2v) is 6.82. The lowest BCUT2D eigenvalue weighted by atomic mass is 10.3. The Morgan fingerprint density at radius 2 is 2.09 bits per heavy atom. The first-order chi connectivity index (χ1) is 10.8. The second kappa shape index (κ2) is 7.53. The molecular weight excluding hydrogens is 314 g/mol. The predicted octanol–water partition coefficient (Wildman–Crippen LogP) is 2.91. The molecule has 114 valence electrons. The molecule has 0 aliphatic heterocycles. The molecule has 7 heteroatoms. The first kappa shape index (κ1) is 15.2. The number of rotatable bonds is 7. The summed E-state index contributed by atoms with van der Waals surface area (Å²) in [6.45, 7) is 3.99. The minimum Gasteiger partial charge on any atom is -0.311 e. The molecule has 0 radical (unpaired) electrons. The average molecular weight is 331 g/mol. The van der Waals surface area contributed by atoms with Crippen molar-refractivity contribution in [1.29, 1.82) is 0 Å². The molecule has 0 saturated heterocycles. The van der Waals surface area contributed by atoms with Crippen LogP contribution in [0, 0.1) is 6.92 Å². The number of aryl methyl sites for hydroxylation is 1. The number of thiophene rings is 1. The summed E-state index contributed by atoms with van der Waals surface area (Å²) in [7, 11) is 0. The third-order valence-corrected chi connectivity index (χ3v) is 5.15. The molecule has 0 unspecified atom stereocenters. The minimum atomic E-state index is 0.820. The zero-order chi connectivity index (χ0) is 15.2. The molecular formula is C15H17N5S2. The third kappa shape index (κ3) is 3.73. The lowest BCUT2D eigenvalue weighted by molar-refractivity contribution is 0.733. The van der Waals surface area contributed by atoms with E-state index in [9.17, 15) is 0 Å². The van der Waals surface area contributed by atoms with Crippen molar-refractivity contribution in [3.63, 3.8) is 0 Å². The Labute approximate surface area is 137 Å². The minimum absolute atomic E-state index is 0.820. The van der Waals surface area contributed by atoms with Gasteiger partial charge in [0.05, 0.1) is 5.69 Å². The van der Waals surface area contributed by atoms with Crippen molar-refractivity contribution < 1.29 is 0 Å². The summed E-state index contributed by atoms with van der Waals surface area (Å²) in [4.78, 5) is 1.40. The van der Waals surface area contributed by atoms with Gasteiger partial charge in [-0.1, -0.05) is 30.0 Å². The summed E-state index contributed by atoms with van der Waals surface area (Å²) in [5.74, 6) is 0.928. The highest BCUT2D eigenvalue weighted by molar-refractivity contribution is 7.99. The van der Waals surface area contributed by atoms with Gasteiger partial charge in [-0.3, -0.25) is 0 Å². The van der Waals surface area contributed by atoms with Gasteiger partial charge in [0.2, 0.25) is 5.16 Å². The summed E-state index contributed by atoms with van der Waals surface area (Å²) in [5, 5.41) is 18.3. The monoisotopic (exact) mass is 331 g/mol. The fraction of sp³-hybridized carbons (Fsp3) is 0.267. The van der Waals surface area contributed by atoms with Crippen LogP contribution in [-0.4, -0.2) is 32.5 Å². The maximum absolute atomic E-state index is 4.09. The molecule has 3 rings (SSSR count). The first-order valence-corrected chi connectivity index (χ1v) is 8.91. The topological polar surface area (TPSA) is 55.6 Å². The van der Waals surface area contributed by atoms with Gasteiger partial charge in [0.15, 0.2) is 0 Å². The van der Waals surface area contributed by atoms with E-state index in [4.69, 9.17) is 0 Å². The Balaban J connectivity index is 1.49. The lowest BCUT2D eigenvalue weighted by Crippen LogP contribution is -2.16. The zero-order valence-electron chi connectivity index (χ0n) is 12.3. The standard InChI is InChI=1S/C15H17N5S2/c1-12-7-9-21-14(12)11-16-8-10-22-15-17-18-19-20(15)13-5-3-2-4-6-13/h2-7,9,16H,8,10-11H2,1H3. The third-order valence-electron chi connectivity index (χ3n) is 3.21. The largest absolute Gasteiger partial charge is 0.311 e. The predicted molar refractivity (Wildman–Crippen MR) is 90.6 cm³/mol. The molecule has 0 fully saturated rings. The maximum Gasteiger partial charge on any atom is 0.214 e. The molecule has 0 atom stereocenters. The molecule has 0 saturated carbocycles. The molecule has 0 amide bonds. The number of benzene rings is 1. The summed E-state index contributed by atoms with van der Waals surface area (Å²) < 4.78 is 1.77. The van der Waals surface area contributed by atoms with Crippen LogP contribution in [0.2, 0.25) is 0 Å². The van der Waals surface area contributed by atoms with E-state index in [1.165, 1.54) is 10.4 Å². The highest BCUT2D eigenvalue weighted by Crippen LogP contribution is 2.18. The Kier molecular flexibility index (Phi) is 5.20. The number of nitrogens with zero attached hydrogens (tertiary/aromatic N) is 4. The number of aromatic nitrogens is 4. The number of tetrazole rings is 1. The van der Waals surface area contributed by atoms with Crippen molar-refractivity contribution in [2.75, 3.05) is 12.3 Å². The number of hydrogen-bond acceptors (Lipinski definition) is 6. The van der Waals surface area contributed by atoms with Crippen molar-refractivity contribution in [2.24, 2.45) is 0 Å². The van der Waals surface area contributed by atoms with Crippen molar-refractivity contribution >= 4 is 23.1 Å². The van der Waals surface area contributed by atoms with Gasteiger partial charge in [0.25, 0.3) is 0 Å². The zero-order valence-corrected chi connectivity index (χ0v) is 13.9. The summed E-state index contributed by atoms with van der Waals surface area (Å²) in [6, 6.07) is 12.1. The van der Waals surface area contributed by atoms with Crippen LogP contribution < -0.4 is 5.32 Å². The number of thioether (sulfide) groups is 1. The molecule has 22 heavy (non-hydrogen) atoms. The number of hydrogen-bond donors (Lipinski definition) is 1. The molecule has 0 aliphatic carbocycles. The molecule has 5 nitrogen and oxygen atoms in total. The highest BCUT2D eigenvalue weighted by atomic mass is 32.2. The number of para-hydroxylation sites is 1. The van der Waals surface area contributed by atoms with Gasteiger partial charge in [-0.15, -0.1) is 16.4 Å². The van der Waals surface area contributed by atoms with Gasteiger partial charge in [0, 0.05) is 23.7 Å². The van der Waals surface area contributed by atoms with Crippen molar-refractivity contribution in [3.05, 3.63) is 52.2 Å². The SMILES string of the molecule is Cc1ccsc1CNCCSc1nnnn1-c1ccccc1. The Hall–Kier alpha value is -1.70. The van der Waals surface area contributed by atoms with Gasteiger partial charge in [-0.05, 0) is 46.5 Å². The fourth-order valence-corrected chi connectivity index (χ4v) is 3.66. The summed E-state index contributed by atoms with van der Waals surface area (Å²) >= 11 is 3.46. The number of nitrogens with one attached hydrogen (secondary N) is 1. The molecule has 2 aromatic heterocycles. The van der Waals surface area contributed by atoms with Crippen LogP contribution in [0.5, 0.6) is 0 Å². The van der Waals surface area contributed by atoms with Gasteiger partial charge in [-0.25, -0.2) is 0 Å². The van der Waals surface area contributed by atoms with E-state index in [0.717, 1.165) is 29.7 Å². The quantitative estimate of drug-likeness (QED) is 0.533. The Bertz CT molecular complexity index is 708. The second-order valence-electron chi connectivity index (χ2n) is 4.76. The average Bonchev–Trinajstić information content (AvgIpc) is 3.17. The van der Waals surface area contributed by atoms with Crippen molar-refractivity contribution in [2.45, 2.75) is 18.6 Å². The van der Waals surface area contributed by atoms with Crippen LogP contribution >= 0.6 is 23.1 Å². The van der Waals surface area contributed by atoms with Crippen LogP contribution in [0.1, 0.15) is 10.4 Å². The van der Waals surface area contributed by atoms with Crippen LogP contribution in [0.4, 0.5) is 0 Å². The van der Waals surface area contributed by atoms with Crippen molar-refractivity contribution in [3.8, 4) is 5.69 Å². The fourth-order valence-electron chi connectivity index (χ4n) is 2.00. The van der Waals surface area contributed by atoms with E-state index < -0.39 is 0 Å². The van der Waals surface area contributed by atoms with Crippen LogP contribution in [0.15, 0.2) is 46.9 Å². The van der Waals surface area contributed by atoms with Crippen molar-refractivity contribution in [1.82, 2.24) is 25.5 Å².